The maximum atomic E-state index is 5.92. The highest BCUT2D eigenvalue weighted by atomic mass is 127. The van der Waals surface area contributed by atoms with Gasteiger partial charge < -0.3 is 5.73 Å². The van der Waals surface area contributed by atoms with Crippen LogP contribution in [0, 0.1) is 5.41 Å². The van der Waals surface area contributed by atoms with E-state index < -0.39 is 0 Å². The SMILES string of the molecule is I.NCCCC(Cc1ccccc1)(Cc1ccccc1)Cc1ccccc1. The summed E-state index contributed by atoms with van der Waals surface area (Å²) in [7, 11) is 0. The Balaban J connectivity index is 0.00000261. The molecule has 3 aromatic carbocycles. The fourth-order valence-corrected chi connectivity index (χ4v) is 4.02. The molecule has 0 unspecified atom stereocenters. The summed E-state index contributed by atoms with van der Waals surface area (Å²) < 4.78 is 0. The molecule has 0 aromatic heterocycles. The van der Waals surface area contributed by atoms with Gasteiger partial charge in [-0.25, -0.2) is 0 Å². The zero-order chi connectivity index (χ0) is 18.1. The Morgan fingerprint density at radius 1 is 0.556 bits per heavy atom. The molecule has 0 amide bonds. The minimum absolute atomic E-state index is 0. The maximum Gasteiger partial charge on any atom is -0.00771 e. The topological polar surface area (TPSA) is 26.0 Å². The Labute approximate surface area is 181 Å². The molecule has 3 rings (SSSR count). The smallest absolute Gasteiger partial charge is 0.00771 e. The molecule has 0 heterocycles. The second-order valence-corrected chi connectivity index (χ2v) is 7.38. The highest BCUT2D eigenvalue weighted by Crippen LogP contribution is 2.36. The number of benzene rings is 3. The summed E-state index contributed by atoms with van der Waals surface area (Å²) in [5, 5.41) is 0. The minimum Gasteiger partial charge on any atom is -0.330 e. The number of nitrogens with two attached hydrogens (primary N) is 1. The van der Waals surface area contributed by atoms with Gasteiger partial charge in [-0.3, -0.25) is 0 Å². The Hall–Kier alpha value is -1.65. The van der Waals surface area contributed by atoms with E-state index in [-0.39, 0.29) is 29.4 Å². The Morgan fingerprint density at radius 3 is 1.19 bits per heavy atom. The summed E-state index contributed by atoms with van der Waals surface area (Å²) in [4.78, 5) is 0. The van der Waals surface area contributed by atoms with Crippen LogP contribution in [-0.4, -0.2) is 6.54 Å². The van der Waals surface area contributed by atoms with E-state index in [1.165, 1.54) is 16.7 Å². The lowest BCUT2D eigenvalue weighted by molar-refractivity contribution is 0.249. The standard InChI is InChI=1S/C25H29N.HI/c26-18-10-17-25(19-22-11-4-1-5-12-22,20-23-13-6-2-7-14-23)21-24-15-8-3-9-16-24;/h1-9,11-16H,10,17-21,26H2;1H. The van der Waals surface area contributed by atoms with Crippen molar-refractivity contribution in [3.05, 3.63) is 108 Å². The summed E-state index contributed by atoms with van der Waals surface area (Å²) in [5.41, 5.74) is 10.3. The zero-order valence-corrected chi connectivity index (χ0v) is 18.2. The molecule has 3 aromatic rings. The third-order valence-electron chi connectivity index (χ3n) is 5.18. The van der Waals surface area contributed by atoms with Gasteiger partial charge in [0.25, 0.3) is 0 Å². The van der Waals surface area contributed by atoms with E-state index in [1.807, 2.05) is 0 Å². The fraction of sp³-hybridized carbons (Fsp3) is 0.280. The number of hydrogen-bond acceptors (Lipinski definition) is 1. The molecule has 0 aliphatic carbocycles. The molecule has 0 saturated heterocycles. The molecule has 1 nitrogen and oxygen atoms in total. The van der Waals surface area contributed by atoms with Crippen molar-refractivity contribution < 1.29 is 0 Å². The van der Waals surface area contributed by atoms with Crippen LogP contribution in [0.25, 0.3) is 0 Å². The van der Waals surface area contributed by atoms with Crippen LogP contribution in [0.4, 0.5) is 0 Å². The average Bonchev–Trinajstić information content (AvgIpc) is 2.69. The first kappa shape index (κ1) is 21.6. The lowest BCUT2D eigenvalue weighted by Crippen LogP contribution is -2.30. The van der Waals surface area contributed by atoms with Gasteiger partial charge in [0.15, 0.2) is 0 Å². The monoisotopic (exact) mass is 471 g/mol. The average molecular weight is 471 g/mol. The van der Waals surface area contributed by atoms with Crippen molar-refractivity contribution in [3.63, 3.8) is 0 Å². The summed E-state index contributed by atoms with van der Waals surface area (Å²) in [6, 6.07) is 32.7. The van der Waals surface area contributed by atoms with Crippen LogP contribution < -0.4 is 5.73 Å². The fourth-order valence-electron chi connectivity index (χ4n) is 4.02. The first-order chi connectivity index (χ1) is 12.8. The van der Waals surface area contributed by atoms with E-state index in [9.17, 15) is 0 Å². The number of rotatable bonds is 9. The molecule has 0 fully saturated rings. The molecule has 0 radical (unpaired) electrons. The van der Waals surface area contributed by atoms with Gasteiger partial charge in [-0.05, 0) is 60.8 Å². The first-order valence-electron chi connectivity index (χ1n) is 9.62. The summed E-state index contributed by atoms with van der Waals surface area (Å²) >= 11 is 0. The lowest BCUT2D eigenvalue weighted by Gasteiger charge is -2.35. The molecule has 0 bridgehead atoms. The van der Waals surface area contributed by atoms with Crippen molar-refractivity contribution in [1.82, 2.24) is 0 Å². The molecule has 0 aliphatic rings. The Morgan fingerprint density at radius 2 is 0.889 bits per heavy atom. The molecule has 0 atom stereocenters. The molecule has 2 N–H and O–H groups in total. The summed E-state index contributed by atoms with van der Waals surface area (Å²) in [6.07, 6.45) is 5.45. The van der Waals surface area contributed by atoms with Gasteiger partial charge in [0.1, 0.15) is 0 Å². The van der Waals surface area contributed by atoms with Crippen molar-refractivity contribution >= 4 is 24.0 Å². The van der Waals surface area contributed by atoms with E-state index >= 15 is 0 Å². The van der Waals surface area contributed by atoms with E-state index in [0.29, 0.717) is 0 Å². The molecule has 27 heavy (non-hydrogen) atoms. The second kappa shape index (κ2) is 11.3. The third-order valence-corrected chi connectivity index (χ3v) is 5.18. The molecule has 2 heteroatoms. The number of hydrogen-bond donors (Lipinski definition) is 1. The van der Waals surface area contributed by atoms with Gasteiger partial charge >= 0.3 is 0 Å². The molecule has 142 valence electrons. The van der Waals surface area contributed by atoms with Crippen LogP contribution in [-0.2, 0) is 19.3 Å². The van der Waals surface area contributed by atoms with Crippen LogP contribution in [0.15, 0.2) is 91.0 Å². The summed E-state index contributed by atoms with van der Waals surface area (Å²) in [6.45, 7) is 0.750. The van der Waals surface area contributed by atoms with E-state index in [1.54, 1.807) is 0 Å². The number of halogens is 1. The maximum absolute atomic E-state index is 5.92. The largest absolute Gasteiger partial charge is 0.330 e. The van der Waals surface area contributed by atoms with Crippen LogP contribution in [0.3, 0.4) is 0 Å². The molecule has 0 spiro atoms. The van der Waals surface area contributed by atoms with E-state index in [4.69, 9.17) is 5.73 Å². The molecular weight excluding hydrogens is 441 g/mol. The first-order valence-corrected chi connectivity index (χ1v) is 9.62. The van der Waals surface area contributed by atoms with Crippen LogP contribution >= 0.6 is 24.0 Å². The van der Waals surface area contributed by atoms with E-state index in [0.717, 1.165) is 38.6 Å². The van der Waals surface area contributed by atoms with Crippen molar-refractivity contribution in [3.8, 4) is 0 Å². The molecule has 0 saturated carbocycles. The molecule has 0 aliphatic heterocycles. The van der Waals surface area contributed by atoms with Crippen molar-refractivity contribution in [2.45, 2.75) is 32.1 Å². The van der Waals surface area contributed by atoms with Gasteiger partial charge in [-0.2, -0.15) is 0 Å². The van der Waals surface area contributed by atoms with Crippen LogP contribution in [0.2, 0.25) is 0 Å². The summed E-state index contributed by atoms with van der Waals surface area (Å²) in [5.74, 6) is 0. The predicted octanol–water partition coefficient (Wildman–Crippen LogP) is 6.06. The molecular formula is C25H30IN. The highest BCUT2D eigenvalue weighted by molar-refractivity contribution is 14.0. The lowest BCUT2D eigenvalue weighted by atomic mass is 9.69. The second-order valence-electron chi connectivity index (χ2n) is 7.38. The van der Waals surface area contributed by atoms with Gasteiger partial charge in [0.05, 0.1) is 0 Å². The van der Waals surface area contributed by atoms with Gasteiger partial charge in [0, 0.05) is 0 Å². The quantitative estimate of drug-likeness (QED) is 0.378. The van der Waals surface area contributed by atoms with Crippen LogP contribution in [0.1, 0.15) is 29.5 Å². The Kier molecular flexibility index (Phi) is 9.02. The van der Waals surface area contributed by atoms with Crippen molar-refractivity contribution in [2.24, 2.45) is 11.1 Å². The third kappa shape index (κ3) is 6.78. The minimum atomic E-state index is 0. The predicted molar refractivity (Wildman–Crippen MR) is 127 cm³/mol. The highest BCUT2D eigenvalue weighted by Gasteiger charge is 2.30. The van der Waals surface area contributed by atoms with Gasteiger partial charge in [0.2, 0.25) is 0 Å². The van der Waals surface area contributed by atoms with Crippen LogP contribution in [0.5, 0.6) is 0 Å². The van der Waals surface area contributed by atoms with Crippen molar-refractivity contribution in [2.75, 3.05) is 6.54 Å². The normalized spacial score (nSPS) is 11.0. The van der Waals surface area contributed by atoms with Crippen molar-refractivity contribution in [1.29, 1.82) is 0 Å². The van der Waals surface area contributed by atoms with E-state index in [2.05, 4.69) is 91.0 Å². The van der Waals surface area contributed by atoms with Gasteiger partial charge in [-0.15, -0.1) is 24.0 Å². The zero-order valence-electron chi connectivity index (χ0n) is 15.9. The Bertz CT molecular complexity index is 655. The van der Waals surface area contributed by atoms with Gasteiger partial charge in [-0.1, -0.05) is 91.0 Å².